The quantitative estimate of drug-likeness (QED) is 0.808. The second-order valence-electron chi connectivity index (χ2n) is 8.50. The van der Waals surface area contributed by atoms with E-state index in [1.165, 1.54) is 5.57 Å². The van der Waals surface area contributed by atoms with Crippen LogP contribution in [0.5, 0.6) is 11.5 Å². The van der Waals surface area contributed by atoms with Gasteiger partial charge in [-0.2, -0.15) is 0 Å². The van der Waals surface area contributed by atoms with E-state index in [-0.39, 0.29) is 24.2 Å². The Labute approximate surface area is 155 Å². The van der Waals surface area contributed by atoms with E-state index in [0.29, 0.717) is 5.75 Å². The van der Waals surface area contributed by atoms with Crippen molar-refractivity contribution < 1.29 is 19.4 Å². The molecule has 2 aliphatic heterocycles. The van der Waals surface area contributed by atoms with E-state index in [0.717, 1.165) is 24.3 Å². The van der Waals surface area contributed by atoms with Gasteiger partial charge < -0.3 is 19.5 Å². The average Bonchev–Trinajstić information content (AvgIpc) is 3.09. The number of carbonyl (C=O) groups is 1. The number of benzene rings is 1. The van der Waals surface area contributed by atoms with Crippen LogP contribution >= 0.6 is 0 Å². The van der Waals surface area contributed by atoms with Gasteiger partial charge in [-0.05, 0) is 50.4 Å². The van der Waals surface area contributed by atoms with Gasteiger partial charge in [0.1, 0.15) is 0 Å². The summed E-state index contributed by atoms with van der Waals surface area (Å²) in [7, 11) is 2.03. The van der Waals surface area contributed by atoms with Gasteiger partial charge in [0.15, 0.2) is 11.5 Å². The molecule has 1 aromatic carbocycles. The van der Waals surface area contributed by atoms with Crippen molar-refractivity contribution in [1.82, 2.24) is 4.90 Å². The van der Waals surface area contributed by atoms with Crippen LogP contribution in [-0.2, 0) is 4.79 Å². The van der Waals surface area contributed by atoms with Crippen LogP contribution in [0.25, 0.3) is 0 Å². The van der Waals surface area contributed by atoms with E-state index in [4.69, 9.17) is 9.47 Å². The first kappa shape index (κ1) is 18.8. The SMILES string of the molecule is CC(C)=CC(C)(C)CC1C(C(=O)O)C(c2ccc3c(c2)OCO3)CN1C. The standard InChI is InChI=1S/C21H29NO4/c1-13(2)9-21(3,4)10-16-19(20(23)24)15(11-22(16)5)14-6-7-17-18(8-14)26-12-25-17/h6-9,15-16,19H,10-12H2,1-5H3,(H,23,24). The molecule has 0 bridgehead atoms. The van der Waals surface area contributed by atoms with Gasteiger partial charge in [0, 0.05) is 18.5 Å². The Morgan fingerprint density at radius 3 is 2.65 bits per heavy atom. The maximum Gasteiger partial charge on any atom is 0.308 e. The second-order valence-corrected chi connectivity index (χ2v) is 8.50. The van der Waals surface area contributed by atoms with Gasteiger partial charge >= 0.3 is 5.97 Å². The fraction of sp³-hybridized carbons (Fsp3) is 0.571. The zero-order valence-electron chi connectivity index (χ0n) is 16.3. The molecule has 1 aromatic rings. The van der Waals surface area contributed by atoms with E-state index < -0.39 is 11.9 Å². The predicted octanol–water partition coefficient (Wildman–Crippen LogP) is 3.90. The number of likely N-dealkylation sites (tertiary alicyclic amines) is 1. The molecule has 3 unspecified atom stereocenters. The molecular weight excluding hydrogens is 330 g/mol. The number of fused-ring (bicyclic) bond motifs is 1. The molecule has 3 atom stereocenters. The van der Waals surface area contributed by atoms with Gasteiger partial charge in [0.25, 0.3) is 0 Å². The lowest BCUT2D eigenvalue weighted by molar-refractivity contribution is -0.143. The highest BCUT2D eigenvalue weighted by molar-refractivity contribution is 5.73. The lowest BCUT2D eigenvalue weighted by Crippen LogP contribution is -2.37. The third kappa shape index (κ3) is 3.73. The lowest BCUT2D eigenvalue weighted by atomic mass is 9.77. The van der Waals surface area contributed by atoms with Crippen molar-refractivity contribution >= 4 is 5.97 Å². The van der Waals surface area contributed by atoms with Gasteiger partial charge in [-0.3, -0.25) is 4.79 Å². The molecule has 1 saturated heterocycles. The van der Waals surface area contributed by atoms with Crippen LogP contribution in [0.2, 0.25) is 0 Å². The molecular formula is C21H29NO4. The summed E-state index contributed by atoms with van der Waals surface area (Å²) >= 11 is 0. The average molecular weight is 359 g/mol. The first-order chi connectivity index (χ1) is 12.2. The molecule has 142 valence electrons. The third-order valence-corrected chi connectivity index (χ3v) is 5.42. The molecule has 5 heteroatoms. The first-order valence-corrected chi connectivity index (χ1v) is 9.16. The van der Waals surface area contributed by atoms with Crippen molar-refractivity contribution in [2.45, 2.75) is 46.1 Å². The van der Waals surface area contributed by atoms with Gasteiger partial charge in [-0.1, -0.05) is 31.6 Å². The van der Waals surface area contributed by atoms with Crippen molar-refractivity contribution in [1.29, 1.82) is 0 Å². The summed E-state index contributed by atoms with van der Waals surface area (Å²) in [6, 6.07) is 5.80. The van der Waals surface area contributed by atoms with Crippen LogP contribution < -0.4 is 9.47 Å². The summed E-state index contributed by atoms with van der Waals surface area (Å²) in [4.78, 5) is 14.4. The van der Waals surface area contributed by atoms with Crippen molar-refractivity contribution in [3.8, 4) is 11.5 Å². The third-order valence-electron chi connectivity index (χ3n) is 5.42. The summed E-state index contributed by atoms with van der Waals surface area (Å²) < 4.78 is 10.9. The minimum absolute atomic E-state index is 0.00600. The minimum Gasteiger partial charge on any atom is -0.481 e. The van der Waals surface area contributed by atoms with Crippen LogP contribution in [0, 0.1) is 11.3 Å². The monoisotopic (exact) mass is 359 g/mol. The molecule has 0 radical (unpaired) electrons. The maximum atomic E-state index is 12.2. The molecule has 1 N–H and O–H groups in total. The van der Waals surface area contributed by atoms with E-state index >= 15 is 0 Å². The molecule has 2 aliphatic rings. The Kier molecular flexibility index (Phi) is 5.02. The Hall–Kier alpha value is -2.01. The number of rotatable bonds is 5. The maximum absolute atomic E-state index is 12.2. The smallest absolute Gasteiger partial charge is 0.308 e. The molecule has 0 spiro atoms. The molecule has 0 saturated carbocycles. The van der Waals surface area contributed by atoms with Crippen molar-refractivity contribution in [3.05, 3.63) is 35.4 Å². The Bertz CT molecular complexity index is 721. The summed E-state index contributed by atoms with van der Waals surface area (Å²) in [6.45, 7) is 9.49. The fourth-order valence-electron chi connectivity index (χ4n) is 4.56. The van der Waals surface area contributed by atoms with Crippen LogP contribution in [0.1, 0.15) is 45.6 Å². The summed E-state index contributed by atoms with van der Waals surface area (Å²) in [5.41, 5.74) is 2.22. The van der Waals surface area contributed by atoms with E-state index in [2.05, 4.69) is 38.7 Å². The fourth-order valence-corrected chi connectivity index (χ4v) is 4.56. The highest BCUT2D eigenvalue weighted by atomic mass is 16.7. The summed E-state index contributed by atoms with van der Waals surface area (Å²) in [5, 5.41) is 10.0. The number of carboxylic acid groups (broad SMARTS) is 1. The zero-order valence-corrected chi connectivity index (χ0v) is 16.3. The zero-order chi connectivity index (χ0) is 19.1. The van der Waals surface area contributed by atoms with E-state index in [9.17, 15) is 9.90 Å². The lowest BCUT2D eigenvalue weighted by Gasteiger charge is -2.31. The highest BCUT2D eigenvalue weighted by Gasteiger charge is 2.46. The van der Waals surface area contributed by atoms with Crippen molar-refractivity contribution in [2.24, 2.45) is 11.3 Å². The number of ether oxygens (including phenoxy) is 2. The summed E-state index contributed by atoms with van der Waals surface area (Å²) in [6.07, 6.45) is 3.06. The molecule has 26 heavy (non-hydrogen) atoms. The Morgan fingerprint density at radius 2 is 2.00 bits per heavy atom. The van der Waals surface area contributed by atoms with Gasteiger partial charge in [-0.15, -0.1) is 0 Å². The predicted molar refractivity (Wildman–Crippen MR) is 101 cm³/mol. The van der Waals surface area contributed by atoms with Gasteiger partial charge in [-0.25, -0.2) is 0 Å². The van der Waals surface area contributed by atoms with Gasteiger partial charge in [0.2, 0.25) is 6.79 Å². The van der Waals surface area contributed by atoms with Crippen molar-refractivity contribution in [3.63, 3.8) is 0 Å². The number of allylic oxidation sites excluding steroid dienone is 2. The number of hydrogen-bond donors (Lipinski definition) is 1. The molecule has 0 aromatic heterocycles. The minimum atomic E-state index is -0.727. The molecule has 3 rings (SSSR count). The van der Waals surface area contributed by atoms with Crippen LogP contribution in [0.3, 0.4) is 0 Å². The number of likely N-dealkylation sites (N-methyl/N-ethyl adjacent to an activating group) is 1. The number of carboxylic acids is 1. The van der Waals surface area contributed by atoms with Crippen LogP contribution in [0.15, 0.2) is 29.8 Å². The molecule has 0 amide bonds. The Morgan fingerprint density at radius 1 is 1.31 bits per heavy atom. The summed E-state index contributed by atoms with van der Waals surface area (Å²) in [5.74, 6) is 0.218. The topological polar surface area (TPSA) is 59.0 Å². The van der Waals surface area contributed by atoms with Crippen molar-refractivity contribution in [2.75, 3.05) is 20.4 Å². The van der Waals surface area contributed by atoms with E-state index in [1.807, 2.05) is 25.2 Å². The molecule has 1 fully saturated rings. The number of aliphatic carboxylic acids is 1. The van der Waals surface area contributed by atoms with Crippen LogP contribution in [0.4, 0.5) is 0 Å². The first-order valence-electron chi connectivity index (χ1n) is 9.16. The Balaban J connectivity index is 1.89. The number of hydrogen-bond acceptors (Lipinski definition) is 4. The molecule has 2 heterocycles. The highest BCUT2D eigenvalue weighted by Crippen LogP contribution is 2.44. The molecule has 5 nitrogen and oxygen atoms in total. The number of nitrogens with zero attached hydrogens (tertiary/aromatic N) is 1. The van der Waals surface area contributed by atoms with Crippen LogP contribution in [-0.4, -0.2) is 42.4 Å². The largest absolute Gasteiger partial charge is 0.481 e. The van der Waals surface area contributed by atoms with Gasteiger partial charge in [0.05, 0.1) is 5.92 Å². The molecule has 0 aliphatic carbocycles. The normalized spacial score (nSPS) is 25.3. The second kappa shape index (κ2) is 6.95. The van der Waals surface area contributed by atoms with E-state index in [1.54, 1.807) is 0 Å².